The van der Waals surface area contributed by atoms with Gasteiger partial charge in [0, 0.05) is 13.1 Å². The summed E-state index contributed by atoms with van der Waals surface area (Å²) in [6.45, 7) is 7.28. The molecule has 2 aromatic rings. The molecule has 9 nitrogen and oxygen atoms in total. The standard InChI is InChI=1S/C20H27N3O4S.C2HF3O2/c1-4-7-12-23(6-3)19-18(20(24)25)13-16(14-21-19)22-28(26,27)17-10-8-15(5-2)9-11-17;3-2(4,5)1(6)7/h8-11,13-14,22H,4-7,12H2,1-3H3,(H,24,25);(H,6,7). The molecule has 0 aliphatic heterocycles. The Labute approximate surface area is 201 Å². The number of aromatic carboxylic acids is 1. The molecule has 0 saturated carbocycles. The maximum Gasteiger partial charge on any atom is 0.490 e. The van der Waals surface area contributed by atoms with Crippen LogP contribution in [-0.2, 0) is 21.2 Å². The van der Waals surface area contributed by atoms with E-state index in [-0.39, 0.29) is 16.1 Å². The number of nitrogens with one attached hydrogen (secondary N) is 1. The van der Waals surface area contributed by atoms with E-state index in [4.69, 9.17) is 9.90 Å². The Morgan fingerprint density at radius 1 is 1.09 bits per heavy atom. The molecule has 0 fully saturated rings. The topological polar surface area (TPSA) is 137 Å². The number of aryl methyl sites for hydroxylation is 1. The van der Waals surface area contributed by atoms with Gasteiger partial charge in [0.1, 0.15) is 11.4 Å². The second-order valence-corrected chi connectivity index (χ2v) is 8.92. The first kappa shape index (κ1) is 29.7. The van der Waals surface area contributed by atoms with E-state index in [1.54, 1.807) is 12.1 Å². The van der Waals surface area contributed by atoms with Gasteiger partial charge in [-0.15, -0.1) is 0 Å². The van der Waals surface area contributed by atoms with E-state index in [2.05, 4.69) is 16.6 Å². The van der Waals surface area contributed by atoms with E-state index in [0.29, 0.717) is 18.9 Å². The van der Waals surface area contributed by atoms with Gasteiger partial charge < -0.3 is 15.1 Å². The lowest BCUT2D eigenvalue weighted by Gasteiger charge is -2.23. The molecule has 0 amide bonds. The second kappa shape index (κ2) is 12.9. The number of unbranched alkanes of at least 4 members (excludes halogenated alkanes) is 1. The predicted molar refractivity (Wildman–Crippen MR) is 124 cm³/mol. The molecule has 0 aliphatic carbocycles. The number of anilines is 2. The molecule has 1 heterocycles. The fourth-order valence-electron chi connectivity index (χ4n) is 2.80. The molecule has 0 bridgehead atoms. The van der Waals surface area contributed by atoms with Gasteiger partial charge in [-0.2, -0.15) is 13.2 Å². The van der Waals surface area contributed by atoms with Crippen molar-refractivity contribution in [2.24, 2.45) is 0 Å². The third-order valence-corrected chi connectivity index (χ3v) is 6.09. The summed E-state index contributed by atoms with van der Waals surface area (Å²) in [6, 6.07) is 7.89. The van der Waals surface area contributed by atoms with Gasteiger partial charge in [-0.25, -0.2) is 23.0 Å². The fourth-order valence-corrected chi connectivity index (χ4v) is 3.84. The summed E-state index contributed by atoms with van der Waals surface area (Å²) >= 11 is 0. The number of sulfonamides is 1. The molecule has 0 aliphatic rings. The minimum absolute atomic E-state index is 0.0283. The Morgan fingerprint density at radius 2 is 1.66 bits per heavy atom. The SMILES string of the molecule is CCCCN(CC)c1ncc(NS(=O)(=O)c2ccc(CC)cc2)cc1C(=O)O.O=C(O)C(F)(F)F. The zero-order chi connectivity index (χ0) is 26.8. The lowest BCUT2D eigenvalue weighted by molar-refractivity contribution is -0.192. The summed E-state index contributed by atoms with van der Waals surface area (Å²) in [5.41, 5.74) is 1.12. The van der Waals surface area contributed by atoms with Crippen LogP contribution in [0.25, 0.3) is 0 Å². The van der Waals surface area contributed by atoms with E-state index >= 15 is 0 Å². The molecule has 0 atom stereocenters. The van der Waals surface area contributed by atoms with Crippen molar-refractivity contribution in [3.05, 3.63) is 47.7 Å². The third kappa shape index (κ3) is 9.08. The number of alkyl halides is 3. The number of halogens is 3. The highest BCUT2D eigenvalue weighted by atomic mass is 32.2. The first-order chi connectivity index (χ1) is 16.3. The zero-order valence-corrected chi connectivity index (χ0v) is 20.3. The number of aliphatic carboxylic acids is 1. The van der Waals surface area contributed by atoms with Crippen molar-refractivity contribution in [2.75, 3.05) is 22.7 Å². The summed E-state index contributed by atoms with van der Waals surface area (Å²) in [5, 5.41) is 16.7. The molecule has 2 rings (SSSR count). The molecule has 1 aromatic carbocycles. The first-order valence-corrected chi connectivity index (χ1v) is 12.1. The van der Waals surface area contributed by atoms with Crippen molar-refractivity contribution in [1.82, 2.24) is 4.98 Å². The smallest absolute Gasteiger partial charge is 0.478 e. The minimum Gasteiger partial charge on any atom is -0.478 e. The minimum atomic E-state index is -5.08. The fraction of sp³-hybridized carbons (Fsp3) is 0.409. The average molecular weight is 520 g/mol. The van der Waals surface area contributed by atoms with Crippen LogP contribution in [0.1, 0.15) is 49.5 Å². The van der Waals surface area contributed by atoms with E-state index < -0.39 is 28.1 Å². The summed E-state index contributed by atoms with van der Waals surface area (Å²) in [6.07, 6.45) is -1.02. The number of benzene rings is 1. The van der Waals surface area contributed by atoms with Gasteiger partial charge in [0.25, 0.3) is 10.0 Å². The number of carboxylic acid groups (broad SMARTS) is 2. The van der Waals surface area contributed by atoms with Gasteiger partial charge in [-0.3, -0.25) is 4.72 Å². The van der Waals surface area contributed by atoms with Crippen molar-refractivity contribution < 1.29 is 41.4 Å². The van der Waals surface area contributed by atoms with Crippen molar-refractivity contribution >= 4 is 33.5 Å². The summed E-state index contributed by atoms with van der Waals surface area (Å²) < 4.78 is 59.4. The maximum absolute atomic E-state index is 12.6. The Bertz CT molecular complexity index is 1110. The molecule has 35 heavy (non-hydrogen) atoms. The van der Waals surface area contributed by atoms with E-state index in [9.17, 15) is 31.5 Å². The molecule has 0 unspecified atom stereocenters. The highest BCUT2D eigenvalue weighted by Crippen LogP contribution is 2.24. The largest absolute Gasteiger partial charge is 0.490 e. The van der Waals surface area contributed by atoms with Crippen molar-refractivity contribution in [3.8, 4) is 0 Å². The van der Waals surface area contributed by atoms with Crippen LogP contribution < -0.4 is 9.62 Å². The Balaban J connectivity index is 0.000000762. The number of hydrogen-bond acceptors (Lipinski definition) is 6. The number of pyridine rings is 1. The van der Waals surface area contributed by atoms with E-state index in [1.807, 2.05) is 18.7 Å². The van der Waals surface area contributed by atoms with Crippen LogP contribution in [0.2, 0.25) is 0 Å². The van der Waals surface area contributed by atoms with Gasteiger partial charge in [0.05, 0.1) is 16.8 Å². The van der Waals surface area contributed by atoms with Gasteiger partial charge in [0.15, 0.2) is 0 Å². The normalized spacial score (nSPS) is 11.3. The molecule has 1 aromatic heterocycles. The molecule has 0 spiro atoms. The van der Waals surface area contributed by atoms with Crippen molar-refractivity contribution in [1.29, 1.82) is 0 Å². The van der Waals surface area contributed by atoms with Crippen LogP contribution in [-0.4, -0.2) is 54.8 Å². The van der Waals surface area contributed by atoms with Gasteiger partial charge in [-0.05, 0) is 43.5 Å². The van der Waals surface area contributed by atoms with Gasteiger partial charge in [0.2, 0.25) is 0 Å². The molecule has 0 radical (unpaired) electrons. The average Bonchev–Trinajstić information content (AvgIpc) is 2.79. The molecule has 13 heteroatoms. The number of hydrogen-bond donors (Lipinski definition) is 3. The lowest BCUT2D eigenvalue weighted by Crippen LogP contribution is -2.27. The summed E-state index contributed by atoms with van der Waals surface area (Å²) in [5.74, 6) is -3.56. The van der Waals surface area contributed by atoms with Crippen LogP contribution in [0.4, 0.5) is 24.7 Å². The first-order valence-electron chi connectivity index (χ1n) is 10.7. The third-order valence-electron chi connectivity index (χ3n) is 4.70. The quantitative estimate of drug-likeness (QED) is 0.420. The molecule has 0 saturated heterocycles. The molecular weight excluding hydrogens is 491 g/mol. The number of carboxylic acids is 2. The van der Waals surface area contributed by atoms with E-state index in [0.717, 1.165) is 24.8 Å². The Kier molecular flexibility index (Phi) is 11.0. The summed E-state index contributed by atoms with van der Waals surface area (Å²) in [4.78, 5) is 26.9. The lowest BCUT2D eigenvalue weighted by atomic mass is 10.2. The monoisotopic (exact) mass is 519 g/mol. The zero-order valence-electron chi connectivity index (χ0n) is 19.5. The highest BCUT2D eigenvalue weighted by molar-refractivity contribution is 7.92. The van der Waals surface area contributed by atoms with Crippen LogP contribution >= 0.6 is 0 Å². The van der Waals surface area contributed by atoms with Crippen LogP contribution in [0.3, 0.4) is 0 Å². The molecule has 3 N–H and O–H groups in total. The van der Waals surface area contributed by atoms with Gasteiger partial charge in [-0.1, -0.05) is 32.4 Å². The van der Waals surface area contributed by atoms with Crippen molar-refractivity contribution in [2.45, 2.75) is 51.1 Å². The maximum atomic E-state index is 12.6. The number of nitrogens with zero attached hydrogens (tertiary/aromatic N) is 2. The predicted octanol–water partition coefficient (Wildman–Crippen LogP) is 4.40. The Hall–Kier alpha value is -3.35. The van der Waals surface area contributed by atoms with E-state index in [1.165, 1.54) is 24.4 Å². The number of rotatable bonds is 10. The number of carbonyl (C=O) groups is 2. The Morgan fingerprint density at radius 3 is 2.09 bits per heavy atom. The van der Waals surface area contributed by atoms with Crippen LogP contribution in [0.15, 0.2) is 41.4 Å². The highest BCUT2D eigenvalue weighted by Gasteiger charge is 2.38. The second-order valence-electron chi connectivity index (χ2n) is 7.24. The van der Waals surface area contributed by atoms with Crippen LogP contribution in [0.5, 0.6) is 0 Å². The van der Waals surface area contributed by atoms with Gasteiger partial charge >= 0.3 is 18.1 Å². The molecule has 194 valence electrons. The number of aromatic nitrogens is 1. The molecular formula is C22H28F3N3O6S. The summed E-state index contributed by atoms with van der Waals surface area (Å²) in [7, 11) is -3.83. The van der Waals surface area contributed by atoms with Crippen LogP contribution in [0, 0.1) is 0 Å². The van der Waals surface area contributed by atoms with Crippen molar-refractivity contribution in [3.63, 3.8) is 0 Å².